The summed E-state index contributed by atoms with van der Waals surface area (Å²) in [6, 6.07) is 30.8. The summed E-state index contributed by atoms with van der Waals surface area (Å²) in [7, 11) is 0. The quantitative estimate of drug-likeness (QED) is 0.269. The molecular weight excluding hydrogens is 550 g/mol. The van der Waals surface area contributed by atoms with Crippen LogP contribution in [0, 0.1) is 75.4 Å². The Balaban J connectivity index is 1.84. The van der Waals surface area contributed by atoms with Gasteiger partial charge in [0.2, 0.25) is 0 Å². The molecule has 5 nitrogen and oxygen atoms in total. The van der Waals surface area contributed by atoms with Crippen LogP contribution in [-0.4, -0.2) is 0 Å². The third-order valence-electron chi connectivity index (χ3n) is 8.16. The van der Waals surface area contributed by atoms with Crippen LogP contribution in [0.2, 0.25) is 0 Å². The van der Waals surface area contributed by atoms with Crippen LogP contribution in [0.25, 0.3) is 33.4 Å². The number of rotatable bonds is 6. The summed E-state index contributed by atoms with van der Waals surface area (Å²) in [5.41, 5.74) is 10.9. The van der Waals surface area contributed by atoms with E-state index in [-0.39, 0.29) is 11.8 Å². The largest absolute Gasteiger partial charge is 0.193 e. The molecule has 3 aromatic carbocycles. The standard InChI is InChI=1S/C40H31N5/c1-23(2)13-29(19-42)39-31-11-9-25(5)15-33(31)35(21-44)37(39)27-7-6-8-28(17-27)38-36(22-45)34-16-26(18-41)10-12-32(34)40(38)30(20-43)14-24(3)4/h6-12,15-17,23-24H,13-14H2,1-5H3/b39-29+,40-30+. The van der Waals surface area contributed by atoms with E-state index in [2.05, 4.69) is 58.0 Å². The van der Waals surface area contributed by atoms with Gasteiger partial charge in [0.05, 0.1) is 34.9 Å². The van der Waals surface area contributed by atoms with Crippen molar-refractivity contribution in [3.05, 3.63) is 116 Å². The lowest BCUT2D eigenvalue weighted by molar-refractivity contribution is 0.652. The topological polar surface area (TPSA) is 119 Å². The van der Waals surface area contributed by atoms with E-state index >= 15 is 0 Å². The zero-order valence-electron chi connectivity index (χ0n) is 26.1. The minimum absolute atomic E-state index is 0.203. The van der Waals surface area contributed by atoms with Crippen LogP contribution in [-0.2, 0) is 0 Å². The van der Waals surface area contributed by atoms with Gasteiger partial charge in [0.1, 0.15) is 12.1 Å². The van der Waals surface area contributed by atoms with E-state index in [9.17, 15) is 26.3 Å². The fourth-order valence-corrected chi connectivity index (χ4v) is 6.40. The van der Waals surface area contributed by atoms with E-state index in [4.69, 9.17) is 0 Å². The van der Waals surface area contributed by atoms with Crippen LogP contribution in [0.1, 0.15) is 85.0 Å². The van der Waals surface area contributed by atoms with Gasteiger partial charge in [-0.2, -0.15) is 26.3 Å². The molecule has 0 bridgehead atoms. The maximum absolute atomic E-state index is 10.5. The fourth-order valence-electron chi connectivity index (χ4n) is 6.40. The normalized spacial score (nSPS) is 15.6. The maximum Gasteiger partial charge on any atom is 0.100 e. The molecule has 0 spiro atoms. The second-order valence-corrected chi connectivity index (χ2v) is 12.4. The highest BCUT2D eigenvalue weighted by atomic mass is 14.4. The molecule has 0 atom stereocenters. The molecular formula is C40H31N5. The summed E-state index contributed by atoms with van der Waals surface area (Å²) >= 11 is 0. The second-order valence-electron chi connectivity index (χ2n) is 12.4. The molecule has 0 saturated carbocycles. The van der Waals surface area contributed by atoms with Crippen LogP contribution >= 0.6 is 0 Å². The van der Waals surface area contributed by atoms with Crippen LogP contribution in [0.5, 0.6) is 0 Å². The molecule has 0 radical (unpaired) electrons. The first kappa shape index (κ1) is 30.5. The van der Waals surface area contributed by atoms with Crippen LogP contribution in [0.4, 0.5) is 0 Å². The first-order valence-corrected chi connectivity index (χ1v) is 15.0. The van der Waals surface area contributed by atoms with Gasteiger partial charge in [0.25, 0.3) is 0 Å². The minimum atomic E-state index is 0.203. The number of nitriles is 5. The number of benzene rings is 3. The Morgan fingerprint density at radius 3 is 1.51 bits per heavy atom. The van der Waals surface area contributed by atoms with Gasteiger partial charge < -0.3 is 0 Å². The van der Waals surface area contributed by atoms with Gasteiger partial charge >= 0.3 is 0 Å². The molecule has 0 saturated heterocycles. The fraction of sp³-hybridized carbons (Fsp3) is 0.225. The monoisotopic (exact) mass is 581 g/mol. The molecule has 2 aliphatic carbocycles. The summed E-state index contributed by atoms with van der Waals surface area (Å²) in [4.78, 5) is 0. The van der Waals surface area contributed by atoms with Crippen LogP contribution in [0.15, 0.2) is 71.8 Å². The molecule has 5 heteroatoms. The number of allylic oxidation sites excluding steroid dienone is 8. The Morgan fingerprint density at radius 2 is 1.07 bits per heavy atom. The molecule has 0 heterocycles. The average Bonchev–Trinajstić information content (AvgIpc) is 3.53. The lowest BCUT2D eigenvalue weighted by Crippen LogP contribution is -1.98. The van der Waals surface area contributed by atoms with Gasteiger partial charge in [0, 0.05) is 44.6 Å². The molecule has 0 aliphatic heterocycles. The summed E-state index contributed by atoms with van der Waals surface area (Å²) in [6.07, 6.45) is 1.09. The highest BCUT2D eigenvalue weighted by molar-refractivity contribution is 6.27. The number of fused-ring (bicyclic) bond motifs is 2. The number of hydrogen-bond donors (Lipinski definition) is 0. The molecule has 2 aliphatic rings. The molecule has 45 heavy (non-hydrogen) atoms. The molecule has 0 aromatic heterocycles. The molecule has 0 fully saturated rings. The lowest BCUT2D eigenvalue weighted by atomic mass is 9.86. The van der Waals surface area contributed by atoms with Crippen molar-refractivity contribution in [3.8, 4) is 30.3 Å². The Kier molecular flexibility index (Phi) is 8.38. The van der Waals surface area contributed by atoms with Gasteiger partial charge in [-0.05, 0) is 72.1 Å². The average molecular weight is 582 g/mol. The van der Waals surface area contributed by atoms with Crippen LogP contribution in [0.3, 0.4) is 0 Å². The first-order valence-electron chi connectivity index (χ1n) is 15.0. The third kappa shape index (κ3) is 5.37. The van der Waals surface area contributed by atoms with Gasteiger partial charge in [-0.3, -0.25) is 0 Å². The van der Waals surface area contributed by atoms with Crippen molar-refractivity contribution in [1.82, 2.24) is 0 Å². The van der Waals surface area contributed by atoms with Gasteiger partial charge in [-0.15, -0.1) is 0 Å². The van der Waals surface area contributed by atoms with E-state index in [0.717, 1.165) is 39.0 Å². The molecule has 0 amide bonds. The molecule has 0 unspecified atom stereocenters. The Hall–Kier alpha value is -5.93. The highest BCUT2D eigenvalue weighted by Gasteiger charge is 2.33. The predicted octanol–water partition coefficient (Wildman–Crippen LogP) is 9.41. The van der Waals surface area contributed by atoms with Crippen molar-refractivity contribution >= 4 is 33.4 Å². The van der Waals surface area contributed by atoms with Gasteiger partial charge in [-0.1, -0.05) is 75.7 Å². The van der Waals surface area contributed by atoms with E-state index < -0.39 is 0 Å². The van der Waals surface area contributed by atoms with Crippen molar-refractivity contribution < 1.29 is 0 Å². The van der Waals surface area contributed by atoms with Crippen molar-refractivity contribution in [3.63, 3.8) is 0 Å². The summed E-state index contributed by atoms with van der Waals surface area (Å²) < 4.78 is 0. The van der Waals surface area contributed by atoms with E-state index in [1.165, 1.54) is 0 Å². The Labute approximate surface area is 265 Å². The maximum atomic E-state index is 10.5. The second kappa shape index (κ2) is 12.4. The van der Waals surface area contributed by atoms with Crippen LogP contribution < -0.4 is 0 Å². The molecule has 3 aromatic rings. The molecule has 0 N–H and O–H groups in total. The predicted molar refractivity (Wildman–Crippen MR) is 178 cm³/mol. The van der Waals surface area contributed by atoms with Gasteiger partial charge in [-0.25, -0.2) is 0 Å². The summed E-state index contributed by atoms with van der Waals surface area (Å²) in [5.74, 6) is 0.436. The van der Waals surface area contributed by atoms with Crippen molar-refractivity contribution in [2.45, 2.75) is 47.5 Å². The van der Waals surface area contributed by atoms with E-state index in [1.807, 2.05) is 55.5 Å². The van der Waals surface area contributed by atoms with E-state index in [0.29, 0.717) is 63.0 Å². The SMILES string of the molecule is Cc1ccc2c(c1)C(C#N)=C(c1cccc(C3=C(C#N)c4cc(C#N)ccc4/C3=C(\C#N)CC(C)C)c1)/C2=C(/C#N)CC(C)C. The van der Waals surface area contributed by atoms with Crippen molar-refractivity contribution in [1.29, 1.82) is 26.3 Å². The zero-order chi connectivity index (χ0) is 32.4. The first-order chi connectivity index (χ1) is 21.7. The lowest BCUT2D eigenvalue weighted by Gasteiger charge is -2.16. The molecule has 216 valence electrons. The smallest absolute Gasteiger partial charge is 0.100 e. The summed E-state index contributed by atoms with van der Waals surface area (Å²) in [6.45, 7) is 10.2. The molecule has 5 rings (SSSR count). The van der Waals surface area contributed by atoms with Crippen molar-refractivity contribution in [2.24, 2.45) is 11.8 Å². The minimum Gasteiger partial charge on any atom is -0.193 e. The number of hydrogen-bond acceptors (Lipinski definition) is 5. The third-order valence-corrected chi connectivity index (χ3v) is 8.16. The zero-order valence-corrected chi connectivity index (χ0v) is 26.1. The van der Waals surface area contributed by atoms with E-state index in [1.54, 1.807) is 12.1 Å². The van der Waals surface area contributed by atoms with Crippen molar-refractivity contribution in [2.75, 3.05) is 0 Å². The Bertz CT molecular complexity index is 2110. The number of nitrogens with zero attached hydrogens (tertiary/aromatic N) is 5. The van der Waals surface area contributed by atoms with Gasteiger partial charge in [0.15, 0.2) is 0 Å². The Morgan fingerprint density at radius 1 is 0.578 bits per heavy atom. The number of aryl methyl sites for hydroxylation is 1. The summed E-state index contributed by atoms with van der Waals surface area (Å²) in [5, 5.41) is 51.3. The highest BCUT2D eigenvalue weighted by Crippen LogP contribution is 2.52.